The Hall–Kier alpha value is -1.08. The maximum atomic E-state index is 5.61. The Morgan fingerprint density at radius 3 is 2.71 bits per heavy atom. The summed E-state index contributed by atoms with van der Waals surface area (Å²) in [6.07, 6.45) is 8.34. The average molecular weight is 188 g/mol. The van der Waals surface area contributed by atoms with Crippen molar-refractivity contribution in [2.45, 2.75) is 25.4 Å². The van der Waals surface area contributed by atoms with E-state index < -0.39 is 0 Å². The summed E-state index contributed by atoms with van der Waals surface area (Å²) in [6, 6.07) is 10.4. The Kier molecular flexibility index (Phi) is 3.36. The van der Waals surface area contributed by atoms with E-state index >= 15 is 0 Å². The summed E-state index contributed by atoms with van der Waals surface area (Å²) < 4.78 is 5.61. The molecule has 1 nitrogen and oxygen atoms in total. The maximum Gasteiger partial charge on any atom is 0.0759 e. The summed E-state index contributed by atoms with van der Waals surface area (Å²) in [7, 11) is 0. The fraction of sp³-hybridized carbons (Fsp3) is 0.385. The molecule has 0 N–H and O–H groups in total. The molecule has 0 bridgehead atoms. The van der Waals surface area contributed by atoms with Crippen molar-refractivity contribution >= 4 is 6.08 Å². The molecule has 1 fully saturated rings. The molecule has 0 radical (unpaired) electrons. The topological polar surface area (TPSA) is 9.23 Å². The average Bonchev–Trinajstić information content (AvgIpc) is 2.29. The highest BCUT2D eigenvalue weighted by Gasteiger charge is 2.09. The predicted octanol–water partition coefficient (Wildman–Crippen LogP) is 3.27. The predicted molar refractivity (Wildman–Crippen MR) is 59.1 cm³/mol. The molecule has 1 aromatic rings. The SMILES string of the molecule is C(=CC1CCCCO1)c1ccccc1. The molecule has 1 saturated heterocycles. The van der Waals surface area contributed by atoms with Crippen molar-refractivity contribution in [1.29, 1.82) is 0 Å². The van der Waals surface area contributed by atoms with Crippen LogP contribution in [0, 0.1) is 0 Å². The van der Waals surface area contributed by atoms with E-state index in [1.165, 1.54) is 24.8 Å². The quantitative estimate of drug-likeness (QED) is 0.692. The van der Waals surface area contributed by atoms with E-state index in [1.54, 1.807) is 0 Å². The number of benzene rings is 1. The van der Waals surface area contributed by atoms with Gasteiger partial charge in [-0.3, -0.25) is 0 Å². The van der Waals surface area contributed by atoms with Gasteiger partial charge in [-0.15, -0.1) is 0 Å². The molecule has 0 amide bonds. The van der Waals surface area contributed by atoms with Gasteiger partial charge in [-0.2, -0.15) is 0 Å². The molecule has 1 unspecified atom stereocenters. The third-order valence-corrected chi connectivity index (χ3v) is 2.52. The van der Waals surface area contributed by atoms with Crippen LogP contribution in [0.1, 0.15) is 24.8 Å². The van der Waals surface area contributed by atoms with Gasteiger partial charge in [0.2, 0.25) is 0 Å². The van der Waals surface area contributed by atoms with E-state index in [4.69, 9.17) is 4.74 Å². The molecule has 1 aliphatic rings. The molecule has 0 saturated carbocycles. The molecule has 2 rings (SSSR count). The van der Waals surface area contributed by atoms with Gasteiger partial charge in [0, 0.05) is 6.61 Å². The zero-order valence-electron chi connectivity index (χ0n) is 8.36. The zero-order valence-corrected chi connectivity index (χ0v) is 8.36. The molecule has 0 aliphatic carbocycles. The van der Waals surface area contributed by atoms with Crippen LogP contribution in [0.3, 0.4) is 0 Å². The summed E-state index contributed by atoms with van der Waals surface area (Å²) in [5, 5.41) is 0. The standard InChI is InChI=1S/C13H16O/c1-2-6-12(7-3-1)9-10-13-8-4-5-11-14-13/h1-3,6-7,9-10,13H,4-5,8,11H2. The van der Waals surface area contributed by atoms with Crippen LogP contribution in [0.15, 0.2) is 36.4 Å². The van der Waals surface area contributed by atoms with E-state index in [1.807, 2.05) is 6.07 Å². The minimum absolute atomic E-state index is 0.337. The molecule has 1 heterocycles. The van der Waals surface area contributed by atoms with Crippen molar-refractivity contribution in [3.8, 4) is 0 Å². The van der Waals surface area contributed by atoms with Gasteiger partial charge in [0.1, 0.15) is 0 Å². The summed E-state index contributed by atoms with van der Waals surface area (Å²) in [5.41, 5.74) is 1.25. The molecule has 0 spiro atoms. The lowest BCUT2D eigenvalue weighted by atomic mass is 10.1. The minimum atomic E-state index is 0.337. The Balaban J connectivity index is 1.93. The first kappa shape index (κ1) is 9.47. The summed E-state index contributed by atoms with van der Waals surface area (Å²) in [6.45, 7) is 0.920. The first-order valence-electron chi connectivity index (χ1n) is 5.30. The van der Waals surface area contributed by atoms with Crippen LogP contribution in [0.2, 0.25) is 0 Å². The number of hydrogen-bond acceptors (Lipinski definition) is 1. The first-order chi connectivity index (χ1) is 6.95. The number of hydrogen-bond donors (Lipinski definition) is 0. The van der Waals surface area contributed by atoms with Gasteiger partial charge >= 0.3 is 0 Å². The molecule has 74 valence electrons. The second-order valence-corrected chi connectivity index (χ2v) is 3.67. The van der Waals surface area contributed by atoms with Gasteiger partial charge in [0.25, 0.3) is 0 Å². The molecule has 1 atom stereocenters. The van der Waals surface area contributed by atoms with Crippen molar-refractivity contribution in [3.63, 3.8) is 0 Å². The fourth-order valence-electron chi connectivity index (χ4n) is 1.70. The number of ether oxygens (including phenoxy) is 1. The second-order valence-electron chi connectivity index (χ2n) is 3.67. The Morgan fingerprint density at radius 1 is 1.14 bits per heavy atom. The molecule has 1 aromatic carbocycles. The van der Waals surface area contributed by atoms with Crippen molar-refractivity contribution in [3.05, 3.63) is 42.0 Å². The summed E-state index contributed by atoms with van der Waals surface area (Å²) in [5.74, 6) is 0. The van der Waals surface area contributed by atoms with Crippen LogP contribution in [0.25, 0.3) is 6.08 Å². The van der Waals surface area contributed by atoms with Crippen molar-refractivity contribution in [2.75, 3.05) is 6.61 Å². The van der Waals surface area contributed by atoms with Crippen LogP contribution in [0.5, 0.6) is 0 Å². The largest absolute Gasteiger partial charge is 0.374 e. The molecular weight excluding hydrogens is 172 g/mol. The summed E-state index contributed by atoms with van der Waals surface area (Å²) in [4.78, 5) is 0. The number of rotatable bonds is 2. The van der Waals surface area contributed by atoms with Gasteiger partial charge < -0.3 is 4.74 Å². The third kappa shape index (κ3) is 2.71. The molecular formula is C13H16O. The lowest BCUT2D eigenvalue weighted by Crippen LogP contribution is -2.15. The Labute approximate surface area is 85.4 Å². The van der Waals surface area contributed by atoms with Gasteiger partial charge in [0.15, 0.2) is 0 Å². The lowest BCUT2D eigenvalue weighted by Gasteiger charge is -2.19. The van der Waals surface area contributed by atoms with Gasteiger partial charge in [-0.05, 0) is 24.8 Å². The van der Waals surface area contributed by atoms with Crippen molar-refractivity contribution in [1.82, 2.24) is 0 Å². The fourth-order valence-corrected chi connectivity index (χ4v) is 1.70. The van der Waals surface area contributed by atoms with Crippen LogP contribution < -0.4 is 0 Å². The first-order valence-corrected chi connectivity index (χ1v) is 5.30. The van der Waals surface area contributed by atoms with Gasteiger partial charge in [0.05, 0.1) is 6.10 Å². The lowest BCUT2D eigenvalue weighted by molar-refractivity contribution is 0.0471. The van der Waals surface area contributed by atoms with E-state index in [9.17, 15) is 0 Å². The normalized spacial score (nSPS) is 22.7. The van der Waals surface area contributed by atoms with E-state index in [0.29, 0.717) is 6.10 Å². The maximum absolute atomic E-state index is 5.61. The van der Waals surface area contributed by atoms with E-state index in [2.05, 4.69) is 36.4 Å². The highest BCUT2D eigenvalue weighted by molar-refractivity contribution is 5.49. The highest BCUT2D eigenvalue weighted by Crippen LogP contribution is 2.14. The van der Waals surface area contributed by atoms with Crippen LogP contribution >= 0.6 is 0 Å². The second kappa shape index (κ2) is 4.97. The van der Waals surface area contributed by atoms with E-state index in [0.717, 1.165) is 6.61 Å². The smallest absolute Gasteiger partial charge is 0.0759 e. The molecule has 1 heteroatoms. The Morgan fingerprint density at radius 2 is 2.00 bits per heavy atom. The highest BCUT2D eigenvalue weighted by atomic mass is 16.5. The summed E-state index contributed by atoms with van der Waals surface area (Å²) >= 11 is 0. The molecule has 14 heavy (non-hydrogen) atoms. The van der Waals surface area contributed by atoms with Crippen molar-refractivity contribution in [2.24, 2.45) is 0 Å². The van der Waals surface area contributed by atoms with E-state index in [-0.39, 0.29) is 0 Å². The molecule has 1 aliphatic heterocycles. The van der Waals surface area contributed by atoms with Crippen molar-refractivity contribution < 1.29 is 4.74 Å². The monoisotopic (exact) mass is 188 g/mol. The third-order valence-electron chi connectivity index (χ3n) is 2.52. The van der Waals surface area contributed by atoms with Crippen LogP contribution in [-0.4, -0.2) is 12.7 Å². The zero-order chi connectivity index (χ0) is 9.64. The Bertz CT molecular complexity index is 283. The van der Waals surface area contributed by atoms with Crippen LogP contribution in [0.4, 0.5) is 0 Å². The van der Waals surface area contributed by atoms with Crippen LogP contribution in [-0.2, 0) is 4.74 Å². The van der Waals surface area contributed by atoms with Gasteiger partial charge in [-0.1, -0.05) is 42.5 Å². The van der Waals surface area contributed by atoms with Gasteiger partial charge in [-0.25, -0.2) is 0 Å². The molecule has 0 aromatic heterocycles. The minimum Gasteiger partial charge on any atom is -0.374 e.